The fourth-order valence-electron chi connectivity index (χ4n) is 3.58. The van der Waals surface area contributed by atoms with Crippen LogP contribution in [-0.2, 0) is 0 Å². The van der Waals surface area contributed by atoms with Gasteiger partial charge in [-0.1, -0.05) is 6.92 Å². The highest BCUT2D eigenvalue weighted by molar-refractivity contribution is 5.85. The van der Waals surface area contributed by atoms with Crippen LogP contribution in [-0.4, -0.2) is 39.7 Å². The van der Waals surface area contributed by atoms with E-state index < -0.39 is 5.97 Å². The van der Waals surface area contributed by atoms with Crippen LogP contribution in [0, 0.1) is 5.92 Å². The van der Waals surface area contributed by atoms with Crippen molar-refractivity contribution >= 4 is 5.97 Å². The van der Waals surface area contributed by atoms with Gasteiger partial charge in [0.25, 0.3) is 0 Å². The number of rotatable bonds is 3. The number of hydrogen-bond acceptors (Lipinski definition) is 2. The summed E-state index contributed by atoms with van der Waals surface area (Å²) in [4.78, 5) is 13.8. The van der Waals surface area contributed by atoms with Gasteiger partial charge in [0.05, 0.1) is 0 Å². The van der Waals surface area contributed by atoms with Crippen molar-refractivity contribution in [3.8, 4) is 0 Å². The highest BCUT2D eigenvalue weighted by Crippen LogP contribution is 2.34. The lowest BCUT2D eigenvalue weighted by Crippen LogP contribution is -2.47. The summed E-state index contributed by atoms with van der Waals surface area (Å²) >= 11 is 0. The van der Waals surface area contributed by atoms with Crippen LogP contribution in [0.5, 0.6) is 0 Å². The van der Waals surface area contributed by atoms with E-state index >= 15 is 0 Å². The molecule has 104 valence electrons. The molecular formula is C15H22N2O2. The molecule has 0 unspecified atom stereocenters. The summed E-state index contributed by atoms with van der Waals surface area (Å²) < 4.78 is 1.95. The van der Waals surface area contributed by atoms with E-state index in [0.717, 1.165) is 37.9 Å². The molecule has 1 saturated heterocycles. The average molecular weight is 262 g/mol. The fraction of sp³-hybridized carbons (Fsp3) is 0.667. The lowest BCUT2D eigenvalue weighted by molar-refractivity contribution is 0.0539. The third-order valence-electron chi connectivity index (χ3n) is 4.76. The maximum Gasteiger partial charge on any atom is 0.352 e. The van der Waals surface area contributed by atoms with Gasteiger partial charge in [-0.3, -0.25) is 0 Å². The SMILES string of the molecule is CC1CC(N2CCC(n3cccc3C(=O)O)CC2)C1. The molecule has 1 aromatic rings. The van der Waals surface area contributed by atoms with E-state index in [9.17, 15) is 9.90 Å². The zero-order chi connectivity index (χ0) is 13.4. The molecule has 2 heterocycles. The molecule has 1 aliphatic heterocycles. The molecule has 0 spiro atoms. The van der Waals surface area contributed by atoms with Crippen LogP contribution >= 0.6 is 0 Å². The van der Waals surface area contributed by atoms with Gasteiger partial charge in [0.1, 0.15) is 5.69 Å². The highest BCUT2D eigenvalue weighted by atomic mass is 16.4. The van der Waals surface area contributed by atoms with Crippen LogP contribution in [0.2, 0.25) is 0 Å². The van der Waals surface area contributed by atoms with Crippen molar-refractivity contribution in [1.82, 2.24) is 9.47 Å². The zero-order valence-electron chi connectivity index (χ0n) is 11.5. The summed E-state index contributed by atoms with van der Waals surface area (Å²) in [6.07, 6.45) is 6.73. The van der Waals surface area contributed by atoms with Gasteiger partial charge in [0.15, 0.2) is 0 Å². The third kappa shape index (κ3) is 2.41. The van der Waals surface area contributed by atoms with E-state index in [-0.39, 0.29) is 0 Å². The standard InChI is InChI=1S/C15H22N2O2/c1-11-9-13(10-11)16-7-4-12(5-8-16)17-6-2-3-14(17)15(18)19/h2-3,6,11-13H,4-5,7-10H2,1H3,(H,18,19). The first-order chi connectivity index (χ1) is 9.15. The Morgan fingerprint density at radius 2 is 1.95 bits per heavy atom. The maximum atomic E-state index is 11.2. The molecule has 1 aliphatic carbocycles. The molecule has 0 amide bonds. The van der Waals surface area contributed by atoms with E-state index in [0.29, 0.717) is 11.7 Å². The average Bonchev–Trinajstić information content (AvgIpc) is 2.84. The number of carbonyl (C=O) groups is 1. The molecule has 0 atom stereocenters. The van der Waals surface area contributed by atoms with Crippen molar-refractivity contribution in [3.63, 3.8) is 0 Å². The Balaban J connectivity index is 1.60. The summed E-state index contributed by atoms with van der Waals surface area (Å²) in [5.41, 5.74) is 0.427. The van der Waals surface area contributed by atoms with Gasteiger partial charge in [-0.15, -0.1) is 0 Å². The summed E-state index contributed by atoms with van der Waals surface area (Å²) in [6, 6.07) is 4.68. The Kier molecular flexibility index (Phi) is 3.35. The molecule has 1 saturated carbocycles. The number of hydrogen-bond donors (Lipinski definition) is 1. The monoisotopic (exact) mass is 262 g/mol. The first-order valence-corrected chi connectivity index (χ1v) is 7.29. The first-order valence-electron chi connectivity index (χ1n) is 7.29. The number of nitrogens with zero attached hydrogens (tertiary/aromatic N) is 2. The second kappa shape index (κ2) is 5.00. The third-order valence-corrected chi connectivity index (χ3v) is 4.76. The van der Waals surface area contributed by atoms with Gasteiger partial charge >= 0.3 is 5.97 Å². The van der Waals surface area contributed by atoms with E-state index in [1.54, 1.807) is 6.07 Å². The molecule has 4 heteroatoms. The van der Waals surface area contributed by atoms with Gasteiger partial charge < -0.3 is 14.6 Å². The molecule has 0 bridgehead atoms. The number of piperidine rings is 1. The second-order valence-corrected chi connectivity index (χ2v) is 6.10. The minimum atomic E-state index is -0.819. The lowest BCUT2D eigenvalue weighted by Gasteiger charge is -2.45. The maximum absolute atomic E-state index is 11.2. The minimum absolute atomic E-state index is 0.356. The highest BCUT2D eigenvalue weighted by Gasteiger charge is 2.33. The molecular weight excluding hydrogens is 240 g/mol. The largest absolute Gasteiger partial charge is 0.477 e. The number of carboxylic acid groups (broad SMARTS) is 1. The molecule has 3 rings (SSSR count). The normalized spacial score (nSPS) is 29.1. The van der Waals surface area contributed by atoms with Crippen LogP contribution in [0.15, 0.2) is 18.3 Å². The van der Waals surface area contributed by atoms with Gasteiger partial charge in [-0.05, 0) is 43.7 Å². The van der Waals surface area contributed by atoms with E-state index in [4.69, 9.17) is 0 Å². The number of carboxylic acids is 1. The van der Waals surface area contributed by atoms with Gasteiger partial charge in [0.2, 0.25) is 0 Å². The minimum Gasteiger partial charge on any atom is -0.477 e. The second-order valence-electron chi connectivity index (χ2n) is 6.10. The first kappa shape index (κ1) is 12.7. The smallest absolute Gasteiger partial charge is 0.352 e. The molecule has 4 nitrogen and oxygen atoms in total. The van der Waals surface area contributed by atoms with Crippen molar-refractivity contribution < 1.29 is 9.90 Å². The predicted octanol–water partition coefficient (Wildman–Crippen LogP) is 2.62. The fourth-order valence-corrected chi connectivity index (χ4v) is 3.58. The van der Waals surface area contributed by atoms with E-state index in [1.165, 1.54) is 12.8 Å². The van der Waals surface area contributed by atoms with Gasteiger partial charge in [-0.2, -0.15) is 0 Å². The molecule has 1 N–H and O–H groups in total. The van der Waals surface area contributed by atoms with Crippen LogP contribution in [0.4, 0.5) is 0 Å². The Hall–Kier alpha value is -1.29. The predicted molar refractivity (Wildman–Crippen MR) is 73.4 cm³/mol. The van der Waals surface area contributed by atoms with Crippen molar-refractivity contribution in [1.29, 1.82) is 0 Å². The van der Waals surface area contributed by atoms with Crippen molar-refractivity contribution in [3.05, 3.63) is 24.0 Å². The van der Waals surface area contributed by atoms with E-state index in [1.807, 2.05) is 16.8 Å². The molecule has 0 radical (unpaired) electrons. The van der Waals surface area contributed by atoms with Crippen molar-refractivity contribution in [2.24, 2.45) is 5.92 Å². The topological polar surface area (TPSA) is 45.5 Å². The van der Waals surface area contributed by atoms with Crippen LogP contribution < -0.4 is 0 Å². The lowest BCUT2D eigenvalue weighted by atomic mass is 9.80. The summed E-state index contributed by atoms with van der Waals surface area (Å²) in [5.74, 6) is 0.0750. The zero-order valence-corrected chi connectivity index (χ0v) is 11.5. The Morgan fingerprint density at radius 1 is 1.26 bits per heavy atom. The van der Waals surface area contributed by atoms with E-state index in [2.05, 4.69) is 11.8 Å². The van der Waals surface area contributed by atoms with Crippen LogP contribution in [0.25, 0.3) is 0 Å². The quantitative estimate of drug-likeness (QED) is 0.910. The van der Waals surface area contributed by atoms with Gasteiger partial charge in [0, 0.05) is 31.4 Å². The number of likely N-dealkylation sites (tertiary alicyclic amines) is 1. The van der Waals surface area contributed by atoms with Crippen LogP contribution in [0.3, 0.4) is 0 Å². The Labute approximate surface area is 114 Å². The molecule has 1 aromatic heterocycles. The molecule has 19 heavy (non-hydrogen) atoms. The Bertz CT molecular complexity index is 454. The summed E-state index contributed by atoms with van der Waals surface area (Å²) in [5, 5.41) is 9.17. The summed E-state index contributed by atoms with van der Waals surface area (Å²) in [6.45, 7) is 4.54. The molecule has 0 aromatic carbocycles. The number of aromatic carboxylic acids is 1. The van der Waals surface area contributed by atoms with Crippen molar-refractivity contribution in [2.45, 2.75) is 44.7 Å². The summed E-state index contributed by atoms with van der Waals surface area (Å²) in [7, 11) is 0. The molecule has 2 fully saturated rings. The molecule has 2 aliphatic rings. The van der Waals surface area contributed by atoms with Crippen LogP contribution in [0.1, 0.15) is 49.1 Å². The van der Waals surface area contributed by atoms with Gasteiger partial charge in [-0.25, -0.2) is 4.79 Å². The number of aromatic nitrogens is 1. The Morgan fingerprint density at radius 3 is 2.53 bits per heavy atom. The van der Waals surface area contributed by atoms with Crippen molar-refractivity contribution in [2.75, 3.05) is 13.1 Å².